The molecule has 2 N–H and O–H groups in total. The van der Waals surface area contributed by atoms with Crippen molar-refractivity contribution in [2.75, 3.05) is 7.11 Å². The smallest absolute Gasteiger partial charge is 0.223 e. The van der Waals surface area contributed by atoms with Gasteiger partial charge in [-0.05, 0) is 49.3 Å². The van der Waals surface area contributed by atoms with Crippen molar-refractivity contribution in [2.45, 2.75) is 57.2 Å². The van der Waals surface area contributed by atoms with E-state index in [4.69, 9.17) is 10.5 Å². The molecule has 0 bridgehead atoms. The number of amides is 1. The van der Waals surface area contributed by atoms with Crippen molar-refractivity contribution >= 4 is 5.91 Å². The zero-order chi connectivity index (χ0) is 15.5. The number of rotatable bonds is 6. The first-order chi connectivity index (χ1) is 10.7. The maximum Gasteiger partial charge on any atom is 0.223 e. The molecule has 4 heteroatoms. The number of carbonyl (C=O) groups excluding carboxylic acids is 1. The number of hydrogen-bond donors (Lipinski definition) is 1. The van der Waals surface area contributed by atoms with Crippen LogP contribution in [0.1, 0.15) is 44.1 Å². The minimum Gasteiger partial charge on any atom is -0.497 e. The number of methoxy groups -OCH3 is 1. The molecule has 2 atom stereocenters. The fourth-order valence-electron chi connectivity index (χ4n) is 3.40. The molecule has 4 nitrogen and oxygen atoms in total. The van der Waals surface area contributed by atoms with Crippen LogP contribution >= 0.6 is 0 Å². The van der Waals surface area contributed by atoms with Crippen molar-refractivity contribution in [2.24, 2.45) is 11.7 Å². The molecule has 2 saturated carbocycles. The highest BCUT2D eigenvalue weighted by molar-refractivity contribution is 5.77. The van der Waals surface area contributed by atoms with E-state index >= 15 is 0 Å². The molecule has 0 radical (unpaired) electrons. The van der Waals surface area contributed by atoms with Crippen LogP contribution in [0.3, 0.4) is 0 Å². The molecule has 0 heterocycles. The first kappa shape index (κ1) is 15.3. The van der Waals surface area contributed by atoms with Gasteiger partial charge in [0.15, 0.2) is 0 Å². The van der Waals surface area contributed by atoms with E-state index in [0.29, 0.717) is 24.9 Å². The molecule has 3 rings (SSSR count). The summed E-state index contributed by atoms with van der Waals surface area (Å²) in [7, 11) is 1.67. The Bertz CT molecular complexity index is 510. The molecule has 0 spiro atoms. The van der Waals surface area contributed by atoms with Crippen LogP contribution in [-0.2, 0) is 11.3 Å². The van der Waals surface area contributed by atoms with Gasteiger partial charge in [0.25, 0.3) is 0 Å². The van der Waals surface area contributed by atoms with Crippen LogP contribution in [0.25, 0.3) is 0 Å². The molecule has 2 fully saturated rings. The van der Waals surface area contributed by atoms with Crippen molar-refractivity contribution in [3.63, 3.8) is 0 Å². The highest BCUT2D eigenvalue weighted by Crippen LogP contribution is 2.32. The highest BCUT2D eigenvalue weighted by Gasteiger charge is 2.35. The molecule has 120 valence electrons. The Kier molecular flexibility index (Phi) is 4.67. The monoisotopic (exact) mass is 302 g/mol. The molecule has 0 saturated heterocycles. The van der Waals surface area contributed by atoms with Crippen molar-refractivity contribution in [3.05, 3.63) is 29.8 Å². The summed E-state index contributed by atoms with van der Waals surface area (Å²) in [5.74, 6) is 1.51. The second-order valence-corrected chi connectivity index (χ2v) is 6.66. The van der Waals surface area contributed by atoms with E-state index in [2.05, 4.69) is 4.90 Å². The topological polar surface area (TPSA) is 55.6 Å². The lowest BCUT2D eigenvalue weighted by Gasteiger charge is -2.25. The van der Waals surface area contributed by atoms with Crippen molar-refractivity contribution in [1.29, 1.82) is 0 Å². The number of carbonyl (C=O) groups is 1. The normalized spacial score (nSPS) is 24.3. The van der Waals surface area contributed by atoms with E-state index in [1.807, 2.05) is 24.3 Å². The van der Waals surface area contributed by atoms with E-state index in [9.17, 15) is 4.79 Å². The van der Waals surface area contributed by atoms with Crippen LogP contribution in [0.4, 0.5) is 0 Å². The summed E-state index contributed by atoms with van der Waals surface area (Å²) in [5.41, 5.74) is 7.28. The largest absolute Gasteiger partial charge is 0.497 e. The third kappa shape index (κ3) is 3.61. The standard InChI is InChI=1S/C18H26N2O2/c1-22-16-9-5-13(6-10-16)12-20(15-7-8-15)18(21)11-14-3-2-4-17(14)19/h5-6,9-10,14-15,17H,2-4,7-8,11-12,19H2,1H3/t14-,17+/m0/s1. The lowest BCUT2D eigenvalue weighted by atomic mass is 9.99. The van der Waals surface area contributed by atoms with Crippen LogP contribution in [0.5, 0.6) is 5.75 Å². The molecule has 1 aromatic carbocycles. The van der Waals surface area contributed by atoms with Crippen molar-refractivity contribution < 1.29 is 9.53 Å². The van der Waals surface area contributed by atoms with E-state index in [1.165, 1.54) is 6.42 Å². The number of nitrogens with zero attached hydrogens (tertiary/aromatic N) is 1. The second-order valence-electron chi connectivity index (χ2n) is 6.66. The molecule has 22 heavy (non-hydrogen) atoms. The summed E-state index contributed by atoms with van der Waals surface area (Å²) in [5, 5.41) is 0. The van der Waals surface area contributed by atoms with Crippen LogP contribution in [0.15, 0.2) is 24.3 Å². The Morgan fingerprint density at radius 2 is 1.95 bits per heavy atom. The van der Waals surface area contributed by atoms with Gasteiger partial charge in [-0.3, -0.25) is 4.79 Å². The summed E-state index contributed by atoms with van der Waals surface area (Å²) in [4.78, 5) is 14.8. The zero-order valence-corrected chi connectivity index (χ0v) is 13.3. The number of nitrogens with two attached hydrogens (primary N) is 1. The van der Waals surface area contributed by atoms with Gasteiger partial charge in [-0.1, -0.05) is 18.6 Å². The van der Waals surface area contributed by atoms with E-state index in [-0.39, 0.29) is 11.9 Å². The van der Waals surface area contributed by atoms with E-state index in [0.717, 1.165) is 37.0 Å². The summed E-state index contributed by atoms with van der Waals surface area (Å²) in [6.45, 7) is 0.704. The Morgan fingerprint density at radius 3 is 2.50 bits per heavy atom. The van der Waals surface area contributed by atoms with Crippen LogP contribution in [0.2, 0.25) is 0 Å². The first-order valence-electron chi connectivity index (χ1n) is 8.35. The Hall–Kier alpha value is -1.55. The van der Waals surface area contributed by atoms with Gasteiger partial charge in [-0.25, -0.2) is 0 Å². The van der Waals surface area contributed by atoms with Gasteiger partial charge in [0.1, 0.15) is 5.75 Å². The highest BCUT2D eigenvalue weighted by atomic mass is 16.5. The van der Waals surface area contributed by atoms with E-state index in [1.54, 1.807) is 7.11 Å². The maximum atomic E-state index is 12.7. The van der Waals surface area contributed by atoms with Crippen LogP contribution in [-0.4, -0.2) is 30.0 Å². The van der Waals surface area contributed by atoms with Gasteiger partial charge in [-0.2, -0.15) is 0 Å². The summed E-state index contributed by atoms with van der Waals surface area (Å²) in [6, 6.07) is 8.65. The van der Waals surface area contributed by atoms with Crippen LogP contribution < -0.4 is 10.5 Å². The Morgan fingerprint density at radius 1 is 1.23 bits per heavy atom. The predicted molar refractivity (Wildman–Crippen MR) is 86.5 cm³/mol. The Balaban J connectivity index is 1.62. The molecule has 0 unspecified atom stereocenters. The Labute approximate surface area is 132 Å². The first-order valence-corrected chi connectivity index (χ1v) is 8.35. The van der Waals surface area contributed by atoms with Crippen LogP contribution in [0, 0.1) is 5.92 Å². The molecule has 2 aliphatic rings. The van der Waals surface area contributed by atoms with Gasteiger partial charge >= 0.3 is 0 Å². The SMILES string of the molecule is COc1ccc(CN(C(=O)C[C@@H]2CCC[C@H]2N)C2CC2)cc1. The fraction of sp³-hybridized carbons (Fsp3) is 0.611. The molecular formula is C18H26N2O2. The molecular weight excluding hydrogens is 276 g/mol. The molecule has 0 aliphatic heterocycles. The minimum atomic E-state index is 0.214. The predicted octanol–water partition coefficient (Wildman–Crippen LogP) is 2.70. The molecule has 0 aromatic heterocycles. The minimum absolute atomic E-state index is 0.214. The molecule has 1 amide bonds. The summed E-state index contributed by atoms with van der Waals surface area (Å²) in [6.07, 6.45) is 6.24. The maximum absolute atomic E-state index is 12.7. The number of benzene rings is 1. The van der Waals surface area contributed by atoms with Gasteiger partial charge in [0.05, 0.1) is 7.11 Å². The second kappa shape index (κ2) is 6.69. The third-order valence-electron chi connectivity index (χ3n) is 4.97. The lowest BCUT2D eigenvalue weighted by Crippen LogP contribution is -2.36. The van der Waals surface area contributed by atoms with Gasteiger partial charge in [0, 0.05) is 25.0 Å². The third-order valence-corrected chi connectivity index (χ3v) is 4.97. The van der Waals surface area contributed by atoms with Gasteiger partial charge in [0.2, 0.25) is 5.91 Å². The van der Waals surface area contributed by atoms with Crippen molar-refractivity contribution in [3.8, 4) is 5.75 Å². The molecule has 2 aliphatic carbocycles. The fourth-order valence-corrected chi connectivity index (χ4v) is 3.40. The average molecular weight is 302 g/mol. The zero-order valence-electron chi connectivity index (χ0n) is 13.3. The van der Waals surface area contributed by atoms with Gasteiger partial charge in [-0.15, -0.1) is 0 Å². The summed E-state index contributed by atoms with van der Waals surface area (Å²) < 4.78 is 5.19. The number of ether oxygens (including phenoxy) is 1. The summed E-state index contributed by atoms with van der Waals surface area (Å²) >= 11 is 0. The van der Waals surface area contributed by atoms with Crippen molar-refractivity contribution in [1.82, 2.24) is 4.90 Å². The number of hydrogen-bond acceptors (Lipinski definition) is 3. The lowest BCUT2D eigenvalue weighted by molar-refractivity contribution is -0.133. The molecule has 1 aromatic rings. The average Bonchev–Trinajstić information content (AvgIpc) is 3.29. The van der Waals surface area contributed by atoms with Gasteiger partial charge < -0.3 is 15.4 Å². The quantitative estimate of drug-likeness (QED) is 0.879. The van der Waals surface area contributed by atoms with E-state index < -0.39 is 0 Å².